The van der Waals surface area contributed by atoms with Gasteiger partial charge in [-0.1, -0.05) is 18.0 Å². The fourth-order valence-corrected chi connectivity index (χ4v) is 4.09. The molecule has 1 saturated carbocycles. The number of benzene rings is 1. The maximum Gasteiger partial charge on any atom is 0.318 e. The number of nitriles is 1. The van der Waals surface area contributed by atoms with E-state index >= 15 is 0 Å². The summed E-state index contributed by atoms with van der Waals surface area (Å²) in [4.78, 5) is 10.7. The summed E-state index contributed by atoms with van der Waals surface area (Å²) < 4.78 is 26.3. The minimum absolute atomic E-state index is 0.0859. The van der Waals surface area contributed by atoms with Gasteiger partial charge in [-0.25, -0.2) is 8.42 Å². The van der Waals surface area contributed by atoms with Crippen LogP contribution in [-0.4, -0.2) is 36.4 Å². The van der Waals surface area contributed by atoms with Crippen molar-refractivity contribution in [3.05, 3.63) is 28.8 Å². The number of halogens is 1. The lowest BCUT2D eigenvalue weighted by Crippen LogP contribution is -2.46. The predicted octanol–water partition coefficient (Wildman–Crippen LogP) is 1.84. The number of nitrogens with zero attached hydrogens (tertiary/aromatic N) is 2. The van der Waals surface area contributed by atoms with Crippen LogP contribution in [0.3, 0.4) is 0 Å². The highest BCUT2D eigenvalue weighted by molar-refractivity contribution is 7.89. The van der Waals surface area contributed by atoms with Crippen LogP contribution in [0.5, 0.6) is 0 Å². The molecule has 0 heterocycles. The number of hydrogen-bond donors (Lipinski definition) is 1. The first-order chi connectivity index (χ1) is 9.86. The molecule has 21 heavy (non-hydrogen) atoms. The van der Waals surface area contributed by atoms with Gasteiger partial charge in [0.25, 0.3) is 0 Å². The van der Waals surface area contributed by atoms with Gasteiger partial charge in [-0.3, -0.25) is 4.79 Å². The molecule has 112 valence electrons. The summed E-state index contributed by atoms with van der Waals surface area (Å²) in [6.07, 6.45) is 2.12. The average molecular weight is 329 g/mol. The quantitative estimate of drug-likeness (QED) is 0.889. The van der Waals surface area contributed by atoms with Gasteiger partial charge in [-0.15, -0.1) is 0 Å². The van der Waals surface area contributed by atoms with Gasteiger partial charge in [0.2, 0.25) is 10.0 Å². The first kappa shape index (κ1) is 15.8. The molecule has 1 N–H and O–H groups in total. The fraction of sp³-hybridized carbons (Fsp3) is 0.385. The molecular weight excluding hydrogens is 316 g/mol. The number of carboxylic acids is 1. The van der Waals surface area contributed by atoms with E-state index in [1.54, 1.807) is 6.07 Å². The lowest BCUT2D eigenvalue weighted by molar-refractivity contribution is -0.137. The molecule has 0 aromatic heterocycles. The molecule has 0 unspecified atom stereocenters. The van der Waals surface area contributed by atoms with Crippen molar-refractivity contribution in [2.45, 2.75) is 30.2 Å². The molecule has 1 aromatic carbocycles. The second-order valence-corrected chi connectivity index (χ2v) is 7.08. The maximum atomic E-state index is 12.7. The molecule has 6 nitrogen and oxygen atoms in total. The Labute approximate surface area is 127 Å². The predicted molar refractivity (Wildman–Crippen MR) is 75.3 cm³/mol. The number of hydrogen-bond acceptors (Lipinski definition) is 4. The summed E-state index contributed by atoms with van der Waals surface area (Å²) in [5.41, 5.74) is -0.0859. The third-order valence-corrected chi connectivity index (χ3v) is 5.61. The summed E-state index contributed by atoms with van der Waals surface area (Å²) in [6.45, 7) is -0.611. The van der Waals surface area contributed by atoms with Crippen LogP contribution < -0.4 is 0 Å². The van der Waals surface area contributed by atoms with Crippen molar-refractivity contribution < 1.29 is 18.3 Å². The molecule has 0 bridgehead atoms. The summed E-state index contributed by atoms with van der Waals surface area (Å²) in [6, 6.07) is 5.33. The van der Waals surface area contributed by atoms with E-state index in [0.29, 0.717) is 12.8 Å². The number of sulfonamides is 1. The van der Waals surface area contributed by atoms with Crippen LogP contribution in [0.2, 0.25) is 5.02 Å². The zero-order valence-electron chi connectivity index (χ0n) is 11.0. The second kappa shape index (κ2) is 6.02. The number of carboxylic acid groups (broad SMARTS) is 1. The van der Waals surface area contributed by atoms with Crippen molar-refractivity contribution in [3.63, 3.8) is 0 Å². The monoisotopic (exact) mass is 328 g/mol. The molecule has 8 heteroatoms. The van der Waals surface area contributed by atoms with Gasteiger partial charge in [-0.2, -0.15) is 9.57 Å². The van der Waals surface area contributed by atoms with Gasteiger partial charge in [0.15, 0.2) is 0 Å². The van der Waals surface area contributed by atoms with Crippen LogP contribution in [0.1, 0.15) is 24.8 Å². The van der Waals surface area contributed by atoms with Gasteiger partial charge in [0, 0.05) is 11.1 Å². The highest BCUT2D eigenvalue weighted by Gasteiger charge is 2.37. The first-order valence-electron chi connectivity index (χ1n) is 6.29. The minimum atomic E-state index is -4.04. The summed E-state index contributed by atoms with van der Waals surface area (Å²) >= 11 is 5.76. The van der Waals surface area contributed by atoms with Crippen molar-refractivity contribution in [2.24, 2.45) is 0 Å². The van der Waals surface area contributed by atoms with Crippen LogP contribution in [-0.2, 0) is 14.8 Å². The van der Waals surface area contributed by atoms with Gasteiger partial charge in [0.1, 0.15) is 17.5 Å². The topological polar surface area (TPSA) is 98.5 Å². The van der Waals surface area contributed by atoms with Gasteiger partial charge in [0.05, 0.1) is 5.56 Å². The molecule has 2 rings (SSSR count). The third kappa shape index (κ3) is 3.18. The Hall–Kier alpha value is -1.62. The normalized spacial score (nSPS) is 15.5. The van der Waals surface area contributed by atoms with Gasteiger partial charge in [-0.05, 0) is 31.0 Å². The minimum Gasteiger partial charge on any atom is -0.480 e. The smallest absolute Gasteiger partial charge is 0.318 e. The number of carbonyl (C=O) groups is 1. The summed E-state index contributed by atoms with van der Waals surface area (Å²) in [7, 11) is -4.04. The van der Waals surface area contributed by atoms with Crippen LogP contribution >= 0.6 is 11.6 Å². The van der Waals surface area contributed by atoms with Crippen LogP contribution in [0.15, 0.2) is 23.1 Å². The largest absolute Gasteiger partial charge is 0.480 e. The van der Waals surface area contributed by atoms with Crippen molar-refractivity contribution >= 4 is 27.6 Å². The van der Waals surface area contributed by atoms with E-state index in [1.807, 2.05) is 0 Å². The molecule has 0 aliphatic heterocycles. The Balaban J connectivity index is 2.48. The Kier molecular flexibility index (Phi) is 4.52. The van der Waals surface area contributed by atoms with E-state index < -0.39 is 22.5 Å². The Morgan fingerprint density at radius 1 is 1.48 bits per heavy atom. The molecule has 0 atom stereocenters. The van der Waals surface area contributed by atoms with Gasteiger partial charge < -0.3 is 5.11 Å². The van der Waals surface area contributed by atoms with Crippen molar-refractivity contribution in [1.82, 2.24) is 4.31 Å². The lowest BCUT2D eigenvalue weighted by atomic mass is 9.93. The molecule has 1 fully saturated rings. The van der Waals surface area contributed by atoms with E-state index in [1.165, 1.54) is 18.2 Å². The molecule has 0 radical (unpaired) electrons. The van der Waals surface area contributed by atoms with E-state index in [0.717, 1.165) is 10.7 Å². The zero-order valence-corrected chi connectivity index (χ0v) is 12.6. The standard InChI is InChI=1S/C13H13ClN2O4S/c14-10-4-5-12(9(6-10)7-15)21(19,20)16(8-13(17)18)11-2-1-3-11/h4-6,11H,1-3,8H2,(H,17,18). The SMILES string of the molecule is N#Cc1cc(Cl)ccc1S(=O)(=O)N(CC(=O)O)C1CCC1. The summed E-state index contributed by atoms with van der Waals surface area (Å²) in [5.74, 6) is -1.22. The molecule has 0 spiro atoms. The number of rotatable bonds is 5. The molecule has 1 aliphatic carbocycles. The molecule has 1 aliphatic rings. The molecule has 1 aromatic rings. The third-order valence-electron chi connectivity index (χ3n) is 3.42. The zero-order chi connectivity index (χ0) is 15.6. The summed E-state index contributed by atoms with van der Waals surface area (Å²) in [5, 5.41) is 18.3. The first-order valence-corrected chi connectivity index (χ1v) is 8.11. The average Bonchev–Trinajstić information content (AvgIpc) is 2.34. The van der Waals surface area contributed by atoms with E-state index in [4.69, 9.17) is 22.0 Å². The molecular formula is C13H13ClN2O4S. The molecule has 0 saturated heterocycles. The Morgan fingerprint density at radius 2 is 2.14 bits per heavy atom. The lowest BCUT2D eigenvalue weighted by Gasteiger charge is -2.35. The Morgan fingerprint density at radius 3 is 2.62 bits per heavy atom. The molecule has 0 amide bonds. The number of aliphatic carboxylic acids is 1. The highest BCUT2D eigenvalue weighted by Crippen LogP contribution is 2.31. The van der Waals surface area contributed by atoms with Gasteiger partial charge >= 0.3 is 5.97 Å². The van der Waals surface area contributed by atoms with E-state index in [9.17, 15) is 13.2 Å². The van der Waals surface area contributed by atoms with Crippen LogP contribution in [0.25, 0.3) is 0 Å². The van der Waals surface area contributed by atoms with Crippen LogP contribution in [0.4, 0.5) is 0 Å². The maximum absolute atomic E-state index is 12.7. The van der Waals surface area contributed by atoms with Crippen LogP contribution in [0, 0.1) is 11.3 Å². The van der Waals surface area contributed by atoms with Crippen molar-refractivity contribution in [2.75, 3.05) is 6.54 Å². The van der Waals surface area contributed by atoms with E-state index in [2.05, 4.69) is 0 Å². The fourth-order valence-electron chi connectivity index (χ4n) is 2.16. The van der Waals surface area contributed by atoms with Crippen molar-refractivity contribution in [1.29, 1.82) is 5.26 Å². The second-order valence-electron chi connectivity index (χ2n) is 4.78. The highest BCUT2D eigenvalue weighted by atomic mass is 35.5. The van der Waals surface area contributed by atoms with E-state index in [-0.39, 0.29) is 21.5 Å². The Bertz CT molecular complexity index is 707. The van der Waals surface area contributed by atoms with Crippen molar-refractivity contribution in [3.8, 4) is 6.07 Å².